The molecule has 2 heterocycles. The minimum atomic E-state index is -0.725. The van der Waals surface area contributed by atoms with Gasteiger partial charge in [0.15, 0.2) is 0 Å². The van der Waals surface area contributed by atoms with Crippen molar-refractivity contribution in [3.8, 4) is 0 Å². The van der Waals surface area contributed by atoms with Crippen molar-refractivity contribution in [1.82, 2.24) is 14.0 Å². The van der Waals surface area contributed by atoms with E-state index in [0.29, 0.717) is 38.2 Å². The molecule has 0 atom stereocenters. The van der Waals surface area contributed by atoms with Crippen molar-refractivity contribution >= 4 is 0 Å². The van der Waals surface area contributed by atoms with E-state index in [-0.39, 0.29) is 11.2 Å². The van der Waals surface area contributed by atoms with E-state index in [1.165, 1.54) is 9.13 Å². The van der Waals surface area contributed by atoms with Crippen LogP contribution in [0.2, 0.25) is 0 Å². The highest BCUT2D eigenvalue weighted by Crippen LogP contribution is 2.10. The number of aromatic nitrogens is 2. The molecule has 0 N–H and O–H groups in total. The van der Waals surface area contributed by atoms with Crippen LogP contribution >= 0.6 is 0 Å². The third-order valence-corrected chi connectivity index (χ3v) is 3.33. The van der Waals surface area contributed by atoms with Crippen molar-refractivity contribution in [1.29, 1.82) is 0 Å². The largest absolute Gasteiger partial charge is 0.330 e. The molecule has 0 saturated carbocycles. The summed E-state index contributed by atoms with van der Waals surface area (Å²) in [6.45, 7) is 3.71. The van der Waals surface area contributed by atoms with Gasteiger partial charge < -0.3 is 4.57 Å². The summed E-state index contributed by atoms with van der Waals surface area (Å²) < 4.78 is 15.3. The van der Waals surface area contributed by atoms with Crippen molar-refractivity contribution in [3.63, 3.8) is 0 Å². The topological polar surface area (TPSA) is 47.2 Å². The minimum Gasteiger partial charge on any atom is -0.303 e. The van der Waals surface area contributed by atoms with Crippen molar-refractivity contribution < 1.29 is 4.39 Å². The molecule has 0 bridgehead atoms. The zero-order valence-electron chi connectivity index (χ0n) is 10.7. The molecule has 1 aliphatic rings. The lowest BCUT2D eigenvalue weighted by Gasteiger charge is -2.34. The van der Waals surface area contributed by atoms with Gasteiger partial charge in [-0.2, -0.15) is 0 Å². The second-order valence-corrected chi connectivity index (χ2v) is 4.70. The molecular formula is C12H18FN3O2. The fourth-order valence-corrected chi connectivity index (χ4v) is 2.21. The summed E-state index contributed by atoms with van der Waals surface area (Å²) in [5.74, 6) is 0. The Labute approximate surface area is 104 Å². The molecule has 18 heavy (non-hydrogen) atoms. The first-order valence-corrected chi connectivity index (χ1v) is 6.18. The number of hydrogen-bond acceptors (Lipinski definition) is 3. The molecule has 1 aromatic rings. The minimum absolute atomic E-state index is 0.224. The molecule has 0 radical (unpaired) electrons. The highest BCUT2D eigenvalue weighted by atomic mass is 19.1. The Morgan fingerprint density at radius 1 is 1.39 bits per heavy atom. The summed E-state index contributed by atoms with van der Waals surface area (Å²) in [5, 5.41) is 0. The van der Waals surface area contributed by atoms with Gasteiger partial charge in [-0.15, -0.1) is 0 Å². The monoisotopic (exact) mass is 255 g/mol. The predicted molar refractivity (Wildman–Crippen MR) is 66.7 cm³/mol. The first kappa shape index (κ1) is 13.0. The number of nitrogens with zero attached hydrogens (tertiary/aromatic N) is 3. The zero-order valence-corrected chi connectivity index (χ0v) is 10.7. The van der Waals surface area contributed by atoms with Crippen LogP contribution in [0.4, 0.5) is 4.39 Å². The fraction of sp³-hybridized carbons (Fsp3) is 0.667. The quantitative estimate of drug-likeness (QED) is 0.746. The fourth-order valence-electron chi connectivity index (χ4n) is 2.21. The maximum absolute atomic E-state index is 12.7. The average molecular weight is 255 g/mol. The molecule has 1 saturated heterocycles. The van der Waals surface area contributed by atoms with Gasteiger partial charge in [-0.05, 0) is 13.3 Å². The molecule has 6 heteroatoms. The number of alkyl halides is 1. The Kier molecular flexibility index (Phi) is 3.65. The summed E-state index contributed by atoms with van der Waals surface area (Å²) in [7, 11) is 1.64. The van der Waals surface area contributed by atoms with Gasteiger partial charge in [-0.3, -0.25) is 14.3 Å². The molecule has 0 spiro atoms. The summed E-state index contributed by atoms with van der Waals surface area (Å²) >= 11 is 0. The molecule has 1 aliphatic heterocycles. The van der Waals surface area contributed by atoms with E-state index in [1.54, 1.807) is 20.2 Å². The highest BCUT2D eigenvalue weighted by Gasteiger charge is 2.25. The average Bonchev–Trinajstić information content (AvgIpc) is 2.30. The molecule has 0 unspecified atom stereocenters. The van der Waals surface area contributed by atoms with Gasteiger partial charge in [0, 0.05) is 45.0 Å². The van der Waals surface area contributed by atoms with Crippen molar-refractivity contribution in [3.05, 3.63) is 32.6 Å². The molecule has 100 valence electrons. The van der Waals surface area contributed by atoms with Gasteiger partial charge in [0.05, 0.1) is 0 Å². The first-order valence-electron chi connectivity index (χ1n) is 6.18. The molecule has 1 aromatic heterocycles. The molecule has 1 fully saturated rings. The Morgan fingerprint density at radius 2 is 2.06 bits per heavy atom. The molecule has 0 amide bonds. The van der Waals surface area contributed by atoms with Crippen LogP contribution in [-0.2, 0) is 20.0 Å². The Morgan fingerprint density at radius 3 is 2.61 bits per heavy atom. The van der Waals surface area contributed by atoms with Crippen molar-refractivity contribution in [2.24, 2.45) is 7.05 Å². The lowest BCUT2D eigenvalue weighted by Crippen LogP contribution is -2.49. The van der Waals surface area contributed by atoms with Crippen molar-refractivity contribution in [2.75, 3.05) is 19.6 Å². The summed E-state index contributed by atoms with van der Waals surface area (Å²) in [6.07, 6.45) is 1.42. The van der Waals surface area contributed by atoms with Crippen LogP contribution in [0.1, 0.15) is 12.5 Å². The van der Waals surface area contributed by atoms with E-state index in [4.69, 9.17) is 0 Å². The highest BCUT2D eigenvalue weighted by molar-refractivity contribution is 5.06. The lowest BCUT2D eigenvalue weighted by molar-refractivity contribution is 0.0669. The number of rotatable bonds is 4. The van der Waals surface area contributed by atoms with Crippen LogP contribution < -0.4 is 11.2 Å². The van der Waals surface area contributed by atoms with Crippen LogP contribution in [-0.4, -0.2) is 39.8 Å². The zero-order chi connectivity index (χ0) is 13.3. The van der Waals surface area contributed by atoms with E-state index in [0.717, 1.165) is 0 Å². The maximum Gasteiger partial charge on any atom is 0.330 e. The normalized spacial score (nSPS) is 16.8. The lowest BCUT2D eigenvalue weighted by atomic mass is 10.1. The third-order valence-electron chi connectivity index (χ3n) is 3.33. The van der Waals surface area contributed by atoms with Crippen molar-refractivity contribution in [2.45, 2.75) is 26.1 Å². The van der Waals surface area contributed by atoms with Crippen LogP contribution in [0.15, 0.2) is 15.8 Å². The van der Waals surface area contributed by atoms with Gasteiger partial charge >= 0.3 is 5.69 Å². The van der Waals surface area contributed by atoms with E-state index in [9.17, 15) is 14.0 Å². The van der Waals surface area contributed by atoms with Crippen LogP contribution in [0.3, 0.4) is 0 Å². The number of halogens is 1. The summed E-state index contributed by atoms with van der Waals surface area (Å²) in [4.78, 5) is 25.7. The Hall–Kier alpha value is -1.43. The molecular weight excluding hydrogens is 237 g/mol. The van der Waals surface area contributed by atoms with E-state index >= 15 is 0 Å². The van der Waals surface area contributed by atoms with Crippen LogP contribution in [0.25, 0.3) is 0 Å². The van der Waals surface area contributed by atoms with E-state index < -0.39 is 6.17 Å². The van der Waals surface area contributed by atoms with Gasteiger partial charge in [0.2, 0.25) is 0 Å². The van der Waals surface area contributed by atoms with Gasteiger partial charge in [0.25, 0.3) is 5.56 Å². The summed E-state index contributed by atoms with van der Waals surface area (Å²) in [6, 6.07) is 0. The summed E-state index contributed by atoms with van der Waals surface area (Å²) in [5.41, 5.74) is 0.0956. The van der Waals surface area contributed by atoms with Gasteiger partial charge in [-0.25, -0.2) is 9.18 Å². The van der Waals surface area contributed by atoms with Crippen LogP contribution in [0, 0.1) is 0 Å². The maximum atomic E-state index is 12.7. The smallest absolute Gasteiger partial charge is 0.303 e. The van der Waals surface area contributed by atoms with E-state index in [2.05, 4.69) is 0 Å². The number of aryl methyl sites for hydroxylation is 1. The SMILES string of the molecule is CCn1c(=O)c(CCN2CC(F)C2)cn(C)c1=O. The second-order valence-electron chi connectivity index (χ2n) is 4.70. The Balaban J connectivity index is 2.15. The molecule has 0 aliphatic carbocycles. The van der Waals surface area contributed by atoms with Gasteiger partial charge in [0.1, 0.15) is 6.17 Å². The van der Waals surface area contributed by atoms with Crippen LogP contribution in [0.5, 0.6) is 0 Å². The number of likely N-dealkylation sites (tertiary alicyclic amines) is 1. The second kappa shape index (κ2) is 5.06. The Bertz CT molecular complexity index is 543. The molecule has 0 aromatic carbocycles. The molecule has 2 rings (SSSR count). The van der Waals surface area contributed by atoms with Gasteiger partial charge in [-0.1, -0.05) is 0 Å². The van der Waals surface area contributed by atoms with E-state index in [1.807, 2.05) is 4.90 Å². The third kappa shape index (κ3) is 2.38. The number of hydrogen-bond donors (Lipinski definition) is 0. The standard InChI is InChI=1S/C12H18FN3O2/c1-3-16-11(17)9(6-14(2)12(16)18)4-5-15-7-10(13)8-15/h6,10H,3-5,7-8H2,1-2H3. The molecule has 5 nitrogen and oxygen atoms in total. The first-order chi connectivity index (χ1) is 8.52. The predicted octanol–water partition coefficient (Wildman–Crippen LogP) is -0.237.